The summed E-state index contributed by atoms with van der Waals surface area (Å²) in [5, 5.41) is 10.4. The van der Waals surface area contributed by atoms with Crippen molar-refractivity contribution >= 4 is 17.2 Å². The van der Waals surface area contributed by atoms with E-state index in [2.05, 4.69) is 32.7 Å². The minimum atomic E-state index is 0.198. The number of carbonyl (C=O) groups excluding carboxylic acids is 1. The van der Waals surface area contributed by atoms with E-state index in [4.69, 9.17) is 0 Å². The average molecular weight is 331 g/mol. The predicted molar refractivity (Wildman–Crippen MR) is 88.6 cm³/mol. The number of hydrogen-bond acceptors (Lipinski definition) is 5. The van der Waals surface area contributed by atoms with E-state index in [0.717, 1.165) is 55.7 Å². The summed E-state index contributed by atoms with van der Waals surface area (Å²) in [4.78, 5) is 17.9. The molecule has 0 bridgehead atoms. The summed E-state index contributed by atoms with van der Waals surface area (Å²) in [7, 11) is 0. The normalized spacial score (nSPS) is 18.8. The molecule has 0 saturated carbocycles. The summed E-state index contributed by atoms with van der Waals surface area (Å²) < 4.78 is 2.19. The second kappa shape index (κ2) is 5.72. The number of fused-ring (bicyclic) bond motifs is 1. The van der Waals surface area contributed by atoms with E-state index in [-0.39, 0.29) is 5.91 Å². The number of likely N-dealkylation sites (tertiary alicyclic amines) is 1. The Labute approximate surface area is 139 Å². The van der Waals surface area contributed by atoms with Gasteiger partial charge in [-0.3, -0.25) is 9.69 Å². The fraction of sp³-hybridized carbons (Fsp3) is 0.562. The van der Waals surface area contributed by atoms with Crippen LogP contribution < -0.4 is 0 Å². The quantitative estimate of drug-likeness (QED) is 0.856. The van der Waals surface area contributed by atoms with Crippen LogP contribution in [0.1, 0.15) is 33.8 Å². The van der Waals surface area contributed by atoms with Crippen molar-refractivity contribution < 1.29 is 4.79 Å². The molecule has 0 unspecified atom stereocenters. The molecule has 1 amide bonds. The molecule has 2 aliphatic heterocycles. The highest BCUT2D eigenvalue weighted by Gasteiger charge is 2.37. The molecule has 0 radical (unpaired) electrons. The van der Waals surface area contributed by atoms with Crippen LogP contribution in [0, 0.1) is 6.92 Å². The molecule has 6 nitrogen and oxygen atoms in total. The first-order valence-corrected chi connectivity index (χ1v) is 9.03. The van der Waals surface area contributed by atoms with Crippen LogP contribution in [0.3, 0.4) is 0 Å². The number of nitrogens with zero attached hydrogens (tertiary/aromatic N) is 5. The Morgan fingerprint density at radius 1 is 1.35 bits per heavy atom. The van der Waals surface area contributed by atoms with Gasteiger partial charge >= 0.3 is 0 Å². The van der Waals surface area contributed by atoms with Crippen LogP contribution in [-0.2, 0) is 19.5 Å². The monoisotopic (exact) mass is 331 g/mol. The molecule has 2 aliphatic rings. The largest absolute Gasteiger partial charge is 0.335 e. The van der Waals surface area contributed by atoms with Crippen LogP contribution in [0.5, 0.6) is 0 Å². The highest BCUT2D eigenvalue weighted by Crippen LogP contribution is 2.25. The molecule has 2 aromatic rings. The lowest BCUT2D eigenvalue weighted by Crippen LogP contribution is -2.62. The maximum Gasteiger partial charge on any atom is 0.264 e. The highest BCUT2D eigenvalue weighted by molar-refractivity contribution is 7.12. The van der Waals surface area contributed by atoms with Crippen molar-refractivity contribution in [3.8, 4) is 0 Å². The van der Waals surface area contributed by atoms with Gasteiger partial charge in [0.15, 0.2) is 0 Å². The number of amides is 1. The minimum Gasteiger partial charge on any atom is -0.335 e. The van der Waals surface area contributed by atoms with E-state index >= 15 is 0 Å². The molecular formula is C16H21N5OS. The third-order valence-electron chi connectivity index (χ3n) is 4.96. The summed E-state index contributed by atoms with van der Waals surface area (Å²) in [6, 6.07) is 2.52. The maximum absolute atomic E-state index is 12.6. The van der Waals surface area contributed by atoms with Crippen molar-refractivity contribution in [2.45, 2.75) is 39.4 Å². The Kier molecular flexibility index (Phi) is 3.69. The summed E-state index contributed by atoms with van der Waals surface area (Å²) in [5.74, 6) is 2.24. The smallest absolute Gasteiger partial charge is 0.264 e. The summed E-state index contributed by atoms with van der Waals surface area (Å²) in [6.07, 6.45) is 0.920. The van der Waals surface area contributed by atoms with Gasteiger partial charge in [-0.1, -0.05) is 6.92 Å². The molecule has 0 aromatic carbocycles. The van der Waals surface area contributed by atoms with E-state index < -0.39 is 0 Å². The van der Waals surface area contributed by atoms with E-state index in [1.807, 2.05) is 17.2 Å². The zero-order chi connectivity index (χ0) is 16.0. The fourth-order valence-corrected chi connectivity index (χ4v) is 4.39. The number of carbonyl (C=O) groups is 1. The lowest BCUT2D eigenvalue weighted by Gasteiger charge is -2.46. The standard InChI is InChI=1S/C16H21N5OS/c1-3-12-4-7-23-15(12)16(22)20-8-13(9-20)19-5-6-21-11(2)17-18-14(21)10-19/h4,7,13H,3,5-6,8-10H2,1-2H3. The molecule has 7 heteroatoms. The van der Waals surface area contributed by atoms with Crippen LogP contribution in [0.2, 0.25) is 0 Å². The third-order valence-corrected chi connectivity index (χ3v) is 5.90. The molecule has 0 spiro atoms. The van der Waals surface area contributed by atoms with Gasteiger partial charge in [0.2, 0.25) is 0 Å². The molecule has 122 valence electrons. The molecule has 0 aliphatic carbocycles. The minimum absolute atomic E-state index is 0.198. The number of aryl methyl sites for hydroxylation is 2. The van der Waals surface area contributed by atoms with Gasteiger partial charge in [0, 0.05) is 32.2 Å². The molecule has 1 saturated heterocycles. The number of aromatic nitrogens is 3. The maximum atomic E-state index is 12.6. The highest BCUT2D eigenvalue weighted by atomic mass is 32.1. The summed E-state index contributed by atoms with van der Waals surface area (Å²) in [6.45, 7) is 8.56. The van der Waals surface area contributed by atoms with E-state index in [1.54, 1.807) is 11.3 Å². The zero-order valence-corrected chi connectivity index (χ0v) is 14.3. The molecule has 0 N–H and O–H groups in total. The molecule has 2 aromatic heterocycles. The lowest BCUT2D eigenvalue weighted by atomic mass is 10.0. The van der Waals surface area contributed by atoms with Crippen LogP contribution >= 0.6 is 11.3 Å². The van der Waals surface area contributed by atoms with Gasteiger partial charge < -0.3 is 9.47 Å². The van der Waals surface area contributed by atoms with Crippen molar-refractivity contribution in [2.24, 2.45) is 0 Å². The van der Waals surface area contributed by atoms with Crippen molar-refractivity contribution in [2.75, 3.05) is 19.6 Å². The van der Waals surface area contributed by atoms with Crippen LogP contribution in [-0.4, -0.2) is 56.1 Å². The number of rotatable bonds is 3. The Balaban J connectivity index is 1.38. The first-order chi connectivity index (χ1) is 11.2. The second-order valence-electron chi connectivity index (χ2n) is 6.28. The molecule has 0 atom stereocenters. The molecule has 4 heterocycles. The predicted octanol–water partition coefficient (Wildman–Crippen LogP) is 1.55. The fourth-order valence-electron chi connectivity index (χ4n) is 3.43. The Morgan fingerprint density at radius 3 is 2.96 bits per heavy atom. The molecule has 1 fully saturated rings. The first kappa shape index (κ1) is 14.8. The second-order valence-corrected chi connectivity index (χ2v) is 7.19. The number of hydrogen-bond donors (Lipinski definition) is 0. The Hall–Kier alpha value is -1.73. The van der Waals surface area contributed by atoms with E-state index in [0.29, 0.717) is 6.04 Å². The first-order valence-electron chi connectivity index (χ1n) is 8.15. The van der Waals surface area contributed by atoms with Crippen LogP contribution in [0.15, 0.2) is 11.4 Å². The van der Waals surface area contributed by atoms with Crippen LogP contribution in [0.4, 0.5) is 0 Å². The lowest BCUT2D eigenvalue weighted by molar-refractivity contribution is 0.0169. The summed E-state index contributed by atoms with van der Waals surface area (Å²) in [5.41, 5.74) is 1.17. The van der Waals surface area contributed by atoms with Crippen molar-refractivity contribution in [1.82, 2.24) is 24.6 Å². The van der Waals surface area contributed by atoms with Gasteiger partial charge in [-0.05, 0) is 30.4 Å². The van der Waals surface area contributed by atoms with Gasteiger partial charge in [-0.15, -0.1) is 21.5 Å². The van der Waals surface area contributed by atoms with E-state index in [1.165, 1.54) is 5.56 Å². The van der Waals surface area contributed by atoms with Gasteiger partial charge in [0.1, 0.15) is 11.6 Å². The van der Waals surface area contributed by atoms with Gasteiger partial charge in [0.25, 0.3) is 5.91 Å². The van der Waals surface area contributed by atoms with Crippen molar-refractivity contribution in [3.05, 3.63) is 33.5 Å². The van der Waals surface area contributed by atoms with Gasteiger partial charge in [0.05, 0.1) is 11.4 Å². The molecule has 4 rings (SSSR count). The molecule has 23 heavy (non-hydrogen) atoms. The van der Waals surface area contributed by atoms with Crippen molar-refractivity contribution in [3.63, 3.8) is 0 Å². The Morgan fingerprint density at radius 2 is 2.17 bits per heavy atom. The SMILES string of the molecule is CCc1ccsc1C(=O)N1CC(N2CCn3c(C)nnc3C2)C1. The zero-order valence-electron chi connectivity index (χ0n) is 13.5. The van der Waals surface area contributed by atoms with Crippen molar-refractivity contribution in [1.29, 1.82) is 0 Å². The van der Waals surface area contributed by atoms with Crippen LogP contribution in [0.25, 0.3) is 0 Å². The number of thiophene rings is 1. The summed E-state index contributed by atoms with van der Waals surface area (Å²) >= 11 is 1.56. The Bertz CT molecular complexity index is 731. The van der Waals surface area contributed by atoms with Gasteiger partial charge in [-0.25, -0.2) is 0 Å². The van der Waals surface area contributed by atoms with Gasteiger partial charge in [-0.2, -0.15) is 0 Å². The third kappa shape index (κ3) is 2.48. The topological polar surface area (TPSA) is 54.3 Å². The molecular weight excluding hydrogens is 310 g/mol. The average Bonchev–Trinajstić information content (AvgIpc) is 3.12. The van der Waals surface area contributed by atoms with E-state index in [9.17, 15) is 4.79 Å².